The number of hydrogen-bond acceptors (Lipinski definition) is 3. The molecule has 0 radical (unpaired) electrons. The van der Waals surface area contributed by atoms with Gasteiger partial charge in [0.2, 0.25) is 0 Å². The number of aromatic nitrogens is 3. The van der Waals surface area contributed by atoms with Crippen LogP contribution in [-0.2, 0) is 6.42 Å². The van der Waals surface area contributed by atoms with Crippen LogP contribution in [0, 0.1) is 0 Å². The fourth-order valence-corrected chi connectivity index (χ4v) is 1.62. The minimum atomic E-state index is 0.485. The standard InChI is InChI=1S/C9H11ClN4/c10-9-8-4-3-7(2-1-5-11)14(8)13-6-12-9/h3-4,6H,1-2,5,11H2. The molecule has 4 nitrogen and oxygen atoms in total. The Hall–Kier alpha value is -1.13. The quantitative estimate of drug-likeness (QED) is 0.830. The van der Waals surface area contributed by atoms with Crippen molar-refractivity contribution in [2.24, 2.45) is 5.73 Å². The Kier molecular flexibility index (Phi) is 2.65. The summed E-state index contributed by atoms with van der Waals surface area (Å²) in [6.07, 6.45) is 3.33. The van der Waals surface area contributed by atoms with Crippen LogP contribution in [0.1, 0.15) is 12.1 Å². The zero-order chi connectivity index (χ0) is 9.97. The van der Waals surface area contributed by atoms with Gasteiger partial charge in [-0.25, -0.2) is 9.50 Å². The monoisotopic (exact) mass is 210 g/mol. The van der Waals surface area contributed by atoms with Crippen LogP contribution in [0.25, 0.3) is 5.52 Å². The van der Waals surface area contributed by atoms with Gasteiger partial charge in [0, 0.05) is 5.69 Å². The minimum absolute atomic E-state index is 0.485. The second-order valence-corrected chi connectivity index (χ2v) is 3.42. The van der Waals surface area contributed by atoms with E-state index in [0.29, 0.717) is 11.7 Å². The van der Waals surface area contributed by atoms with Crippen molar-refractivity contribution in [1.82, 2.24) is 14.6 Å². The zero-order valence-electron chi connectivity index (χ0n) is 7.65. The van der Waals surface area contributed by atoms with Crippen LogP contribution in [0.2, 0.25) is 5.15 Å². The van der Waals surface area contributed by atoms with Crippen molar-refractivity contribution in [3.8, 4) is 0 Å². The van der Waals surface area contributed by atoms with Crippen LogP contribution < -0.4 is 5.73 Å². The van der Waals surface area contributed by atoms with E-state index in [-0.39, 0.29) is 0 Å². The van der Waals surface area contributed by atoms with Crippen molar-refractivity contribution in [2.75, 3.05) is 6.54 Å². The number of fused-ring (bicyclic) bond motifs is 1. The summed E-state index contributed by atoms with van der Waals surface area (Å²) < 4.78 is 1.81. The molecule has 14 heavy (non-hydrogen) atoms. The number of halogens is 1. The molecule has 2 aromatic heterocycles. The largest absolute Gasteiger partial charge is 0.330 e. The van der Waals surface area contributed by atoms with E-state index in [1.54, 1.807) is 0 Å². The van der Waals surface area contributed by atoms with Crippen LogP contribution in [-0.4, -0.2) is 21.1 Å². The molecule has 0 aromatic carbocycles. The maximum absolute atomic E-state index is 5.91. The summed E-state index contributed by atoms with van der Waals surface area (Å²) in [7, 11) is 0. The topological polar surface area (TPSA) is 56.2 Å². The summed E-state index contributed by atoms with van der Waals surface area (Å²) in [6.45, 7) is 0.687. The highest BCUT2D eigenvalue weighted by atomic mass is 35.5. The summed E-state index contributed by atoms with van der Waals surface area (Å²) in [4.78, 5) is 3.91. The first-order chi connectivity index (χ1) is 6.83. The molecule has 0 unspecified atom stereocenters. The fourth-order valence-electron chi connectivity index (χ4n) is 1.43. The Morgan fingerprint density at radius 1 is 1.43 bits per heavy atom. The summed E-state index contributed by atoms with van der Waals surface area (Å²) in [5.41, 5.74) is 7.42. The molecule has 2 heterocycles. The normalized spacial score (nSPS) is 11.0. The Morgan fingerprint density at radius 3 is 3.07 bits per heavy atom. The average Bonchev–Trinajstić information content (AvgIpc) is 2.60. The average molecular weight is 211 g/mol. The van der Waals surface area contributed by atoms with E-state index in [9.17, 15) is 0 Å². The lowest BCUT2D eigenvalue weighted by molar-refractivity contribution is 0.762. The molecule has 0 fully saturated rings. The van der Waals surface area contributed by atoms with Crippen molar-refractivity contribution in [3.05, 3.63) is 29.3 Å². The van der Waals surface area contributed by atoms with Gasteiger partial charge in [0.05, 0.1) is 0 Å². The fraction of sp³-hybridized carbons (Fsp3) is 0.333. The van der Waals surface area contributed by atoms with Gasteiger partial charge in [-0.15, -0.1) is 0 Å². The lowest BCUT2D eigenvalue weighted by atomic mass is 10.2. The molecule has 0 saturated carbocycles. The maximum Gasteiger partial charge on any atom is 0.156 e. The smallest absolute Gasteiger partial charge is 0.156 e. The van der Waals surface area contributed by atoms with E-state index in [0.717, 1.165) is 24.1 Å². The Labute approximate surface area is 86.7 Å². The highest BCUT2D eigenvalue weighted by Gasteiger charge is 2.05. The van der Waals surface area contributed by atoms with E-state index in [1.165, 1.54) is 6.33 Å². The molecule has 0 aliphatic carbocycles. The van der Waals surface area contributed by atoms with Gasteiger partial charge in [-0.2, -0.15) is 5.10 Å². The van der Waals surface area contributed by atoms with E-state index in [2.05, 4.69) is 10.1 Å². The second-order valence-electron chi connectivity index (χ2n) is 3.06. The predicted octanol–water partition coefficient (Wildman–Crippen LogP) is 1.27. The van der Waals surface area contributed by atoms with Crippen LogP contribution >= 0.6 is 11.6 Å². The van der Waals surface area contributed by atoms with Crippen molar-refractivity contribution in [3.63, 3.8) is 0 Å². The molecular weight excluding hydrogens is 200 g/mol. The second kappa shape index (κ2) is 3.94. The van der Waals surface area contributed by atoms with E-state index in [4.69, 9.17) is 17.3 Å². The lowest BCUT2D eigenvalue weighted by Crippen LogP contribution is -2.03. The molecule has 0 atom stereocenters. The van der Waals surface area contributed by atoms with Gasteiger partial charge >= 0.3 is 0 Å². The molecule has 74 valence electrons. The molecule has 5 heteroatoms. The minimum Gasteiger partial charge on any atom is -0.330 e. The zero-order valence-corrected chi connectivity index (χ0v) is 8.41. The van der Waals surface area contributed by atoms with E-state index in [1.807, 2.05) is 16.6 Å². The maximum atomic E-state index is 5.91. The molecule has 0 saturated heterocycles. The number of rotatable bonds is 3. The molecule has 0 bridgehead atoms. The number of aryl methyl sites for hydroxylation is 1. The summed E-state index contributed by atoms with van der Waals surface area (Å²) in [5.74, 6) is 0. The third-order valence-electron chi connectivity index (χ3n) is 2.12. The first-order valence-corrected chi connectivity index (χ1v) is 4.88. The molecule has 2 rings (SSSR count). The Morgan fingerprint density at radius 2 is 2.29 bits per heavy atom. The van der Waals surface area contributed by atoms with E-state index < -0.39 is 0 Å². The third-order valence-corrected chi connectivity index (χ3v) is 2.41. The molecule has 2 aromatic rings. The molecule has 2 N–H and O–H groups in total. The van der Waals surface area contributed by atoms with Crippen LogP contribution in [0.15, 0.2) is 18.5 Å². The SMILES string of the molecule is NCCCc1ccc2c(Cl)ncnn12. The lowest BCUT2D eigenvalue weighted by Gasteiger charge is -2.00. The van der Waals surface area contributed by atoms with Gasteiger partial charge < -0.3 is 5.73 Å². The van der Waals surface area contributed by atoms with Gasteiger partial charge in [-0.05, 0) is 31.5 Å². The highest BCUT2D eigenvalue weighted by Crippen LogP contribution is 2.16. The summed E-state index contributed by atoms with van der Waals surface area (Å²) >= 11 is 5.91. The number of nitrogens with two attached hydrogens (primary N) is 1. The van der Waals surface area contributed by atoms with Crippen molar-refractivity contribution >= 4 is 17.1 Å². The van der Waals surface area contributed by atoms with Crippen molar-refractivity contribution < 1.29 is 0 Å². The van der Waals surface area contributed by atoms with Crippen LogP contribution in [0.5, 0.6) is 0 Å². The van der Waals surface area contributed by atoms with Crippen LogP contribution in [0.4, 0.5) is 0 Å². The number of nitrogens with zero attached hydrogens (tertiary/aromatic N) is 3. The van der Waals surface area contributed by atoms with Crippen molar-refractivity contribution in [1.29, 1.82) is 0 Å². The van der Waals surface area contributed by atoms with Gasteiger partial charge in [0.1, 0.15) is 11.8 Å². The number of hydrogen-bond donors (Lipinski definition) is 1. The van der Waals surface area contributed by atoms with Gasteiger partial charge in [-0.3, -0.25) is 0 Å². The highest BCUT2D eigenvalue weighted by molar-refractivity contribution is 6.32. The third kappa shape index (κ3) is 1.58. The van der Waals surface area contributed by atoms with E-state index >= 15 is 0 Å². The molecule has 0 aliphatic heterocycles. The van der Waals surface area contributed by atoms with Crippen molar-refractivity contribution in [2.45, 2.75) is 12.8 Å². The first kappa shape index (κ1) is 9.43. The molecular formula is C9H11ClN4. The molecule has 0 aliphatic rings. The van der Waals surface area contributed by atoms with Gasteiger partial charge in [0.25, 0.3) is 0 Å². The first-order valence-electron chi connectivity index (χ1n) is 4.50. The summed E-state index contributed by atoms with van der Waals surface area (Å²) in [6, 6.07) is 3.93. The van der Waals surface area contributed by atoms with Crippen LogP contribution in [0.3, 0.4) is 0 Å². The predicted molar refractivity (Wildman–Crippen MR) is 55.4 cm³/mol. The molecule has 0 amide bonds. The Bertz CT molecular complexity index is 437. The summed E-state index contributed by atoms with van der Waals surface area (Å²) in [5, 5.41) is 4.62. The van der Waals surface area contributed by atoms with Gasteiger partial charge in [0.15, 0.2) is 5.15 Å². The molecule has 0 spiro atoms. The van der Waals surface area contributed by atoms with Gasteiger partial charge in [-0.1, -0.05) is 11.6 Å². The Balaban J connectivity index is 2.42.